The molecule has 0 amide bonds. The van der Waals surface area contributed by atoms with Gasteiger partial charge < -0.3 is 25.0 Å². The summed E-state index contributed by atoms with van der Waals surface area (Å²) in [6.45, 7) is 4.66. The molecule has 2 aromatic carbocycles. The Kier molecular flexibility index (Phi) is 10.8. The maximum Gasteiger partial charge on any atom is 0.225 e. The van der Waals surface area contributed by atoms with Gasteiger partial charge in [-0.05, 0) is 69.2 Å². The zero-order valence-corrected chi connectivity index (χ0v) is 22.2. The van der Waals surface area contributed by atoms with Crippen molar-refractivity contribution in [1.29, 1.82) is 0 Å². The van der Waals surface area contributed by atoms with Gasteiger partial charge in [0.05, 0.1) is 19.2 Å². The fourth-order valence-electron chi connectivity index (χ4n) is 4.95. The van der Waals surface area contributed by atoms with E-state index >= 15 is 0 Å². The topological polar surface area (TPSA) is 71.5 Å². The number of ether oxygens (including phenoxy) is 2. The summed E-state index contributed by atoms with van der Waals surface area (Å²) in [7, 11) is 5.79. The van der Waals surface area contributed by atoms with Crippen LogP contribution >= 0.6 is 0 Å². The van der Waals surface area contributed by atoms with E-state index in [0.29, 0.717) is 6.04 Å². The third kappa shape index (κ3) is 7.71. The first-order valence-electron chi connectivity index (χ1n) is 13.3. The lowest BCUT2D eigenvalue weighted by Gasteiger charge is -2.29. The molecule has 1 heterocycles. The molecule has 0 saturated heterocycles. The first-order chi connectivity index (χ1) is 17.6. The summed E-state index contributed by atoms with van der Waals surface area (Å²) in [5.74, 6) is 4.22. The molecule has 1 fully saturated rings. The van der Waals surface area contributed by atoms with Crippen molar-refractivity contribution >= 4 is 22.7 Å². The average molecular weight is 508 g/mol. The molecule has 202 valence electrons. The van der Waals surface area contributed by atoms with Crippen LogP contribution in [0.4, 0.5) is 11.8 Å². The third-order valence-corrected chi connectivity index (χ3v) is 6.96. The highest BCUT2D eigenvalue weighted by molar-refractivity contribution is 5.90. The Balaban J connectivity index is 0.00000380. The molecule has 1 aromatic heterocycles. The standard InChI is InChI=1S/C29H41N5O2.CH4/c1-5-18-36-24-15-12-22(27(19-24)35-4)20-30-17-16-21-10-13-23(14-11-21)31-29-32-26-9-7-6-8-25(26)28(33-29)34(2)3;/h6-9,12,15,19,21,23,30H,5,10-11,13-14,16-18,20H2,1-4H3,(H,31,32,33);1H4. The average Bonchev–Trinajstić information content (AvgIpc) is 2.90. The molecule has 7 nitrogen and oxygen atoms in total. The lowest BCUT2D eigenvalue weighted by Crippen LogP contribution is -2.28. The van der Waals surface area contributed by atoms with Gasteiger partial charge >= 0.3 is 0 Å². The van der Waals surface area contributed by atoms with Crippen LogP contribution in [-0.4, -0.2) is 50.4 Å². The van der Waals surface area contributed by atoms with Crippen LogP contribution in [0.2, 0.25) is 0 Å². The van der Waals surface area contributed by atoms with Gasteiger partial charge in [-0.3, -0.25) is 0 Å². The van der Waals surface area contributed by atoms with Gasteiger partial charge in [-0.25, -0.2) is 4.98 Å². The Hall–Kier alpha value is -3.06. The highest BCUT2D eigenvalue weighted by Gasteiger charge is 2.22. The van der Waals surface area contributed by atoms with E-state index in [4.69, 9.17) is 19.4 Å². The third-order valence-electron chi connectivity index (χ3n) is 6.96. The minimum atomic E-state index is 0. The molecule has 0 aliphatic heterocycles. The summed E-state index contributed by atoms with van der Waals surface area (Å²) in [5.41, 5.74) is 2.15. The molecule has 2 N–H and O–H groups in total. The summed E-state index contributed by atoms with van der Waals surface area (Å²) in [6.07, 6.45) is 6.99. The Bertz CT molecular complexity index is 1110. The van der Waals surface area contributed by atoms with Crippen LogP contribution in [0.3, 0.4) is 0 Å². The second kappa shape index (κ2) is 14.0. The molecule has 4 rings (SSSR count). The zero-order valence-electron chi connectivity index (χ0n) is 22.2. The predicted octanol–water partition coefficient (Wildman–Crippen LogP) is 6.28. The SMILES string of the molecule is C.CCCOc1ccc(CNCCC2CCC(Nc3nc(N(C)C)c4ccccc4n3)CC2)c(OC)c1. The molecule has 1 aliphatic rings. The first kappa shape index (κ1) is 28.5. The number of anilines is 2. The summed E-state index contributed by atoms with van der Waals surface area (Å²) in [4.78, 5) is 11.6. The fourth-order valence-corrected chi connectivity index (χ4v) is 4.95. The van der Waals surface area contributed by atoms with E-state index in [2.05, 4.69) is 40.7 Å². The Morgan fingerprint density at radius 3 is 2.54 bits per heavy atom. The van der Waals surface area contributed by atoms with Crippen molar-refractivity contribution in [3.8, 4) is 11.5 Å². The minimum Gasteiger partial charge on any atom is -0.496 e. The van der Waals surface area contributed by atoms with Gasteiger partial charge in [0.15, 0.2) is 0 Å². The number of nitrogens with zero attached hydrogens (tertiary/aromatic N) is 3. The van der Waals surface area contributed by atoms with Gasteiger partial charge in [-0.1, -0.05) is 32.5 Å². The maximum atomic E-state index is 5.72. The van der Waals surface area contributed by atoms with E-state index in [9.17, 15) is 0 Å². The fraction of sp³-hybridized carbons (Fsp3) is 0.533. The monoisotopic (exact) mass is 507 g/mol. The molecule has 0 unspecified atom stereocenters. The Morgan fingerprint density at radius 2 is 1.81 bits per heavy atom. The van der Waals surface area contributed by atoms with Crippen molar-refractivity contribution in [2.24, 2.45) is 5.92 Å². The van der Waals surface area contributed by atoms with Gasteiger partial charge in [-0.15, -0.1) is 0 Å². The highest BCUT2D eigenvalue weighted by Crippen LogP contribution is 2.30. The van der Waals surface area contributed by atoms with Crippen LogP contribution in [0.1, 0.15) is 58.4 Å². The molecular formula is C30H45N5O2. The number of hydrogen-bond acceptors (Lipinski definition) is 7. The van der Waals surface area contributed by atoms with Crippen LogP contribution in [0, 0.1) is 5.92 Å². The Labute approximate surface area is 223 Å². The minimum absolute atomic E-state index is 0. The van der Waals surface area contributed by atoms with Crippen LogP contribution in [0.15, 0.2) is 42.5 Å². The molecule has 1 saturated carbocycles. The van der Waals surface area contributed by atoms with E-state index in [1.54, 1.807) is 7.11 Å². The maximum absolute atomic E-state index is 5.72. The predicted molar refractivity (Wildman–Crippen MR) is 155 cm³/mol. The van der Waals surface area contributed by atoms with Crippen LogP contribution in [-0.2, 0) is 6.54 Å². The smallest absolute Gasteiger partial charge is 0.225 e. The van der Waals surface area contributed by atoms with E-state index in [1.165, 1.54) is 24.8 Å². The van der Waals surface area contributed by atoms with Crippen molar-refractivity contribution in [3.63, 3.8) is 0 Å². The lowest BCUT2D eigenvalue weighted by atomic mass is 9.84. The van der Waals surface area contributed by atoms with Crippen LogP contribution in [0.25, 0.3) is 10.9 Å². The van der Waals surface area contributed by atoms with E-state index < -0.39 is 0 Å². The normalized spacial score (nSPS) is 17.2. The van der Waals surface area contributed by atoms with Crippen molar-refractivity contribution in [2.45, 2.75) is 65.5 Å². The number of benzene rings is 2. The molecular weight excluding hydrogens is 462 g/mol. The molecule has 3 aromatic rings. The first-order valence-corrected chi connectivity index (χ1v) is 13.3. The van der Waals surface area contributed by atoms with Gasteiger partial charge in [-0.2, -0.15) is 4.98 Å². The molecule has 1 aliphatic carbocycles. The number of rotatable bonds is 12. The molecule has 37 heavy (non-hydrogen) atoms. The zero-order chi connectivity index (χ0) is 25.3. The van der Waals surface area contributed by atoms with Crippen molar-refractivity contribution < 1.29 is 9.47 Å². The van der Waals surface area contributed by atoms with E-state index in [-0.39, 0.29) is 7.43 Å². The van der Waals surface area contributed by atoms with Gasteiger partial charge in [0, 0.05) is 43.7 Å². The van der Waals surface area contributed by atoms with Crippen molar-refractivity contribution in [3.05, 3.63) is 48.0 Å². The quantitative estimate of drug-likeness (QED) is 0.280. The molecule has 0 bridgehead atoms. The summed E-state index contributed by atoms with van der Waals surface area (Å²) in [6, 6.07) is 14.8. The molecule has 0 radical (unpaired) electrons. The summed E-state index contributed by atoms with van der Waals surface area (Å²) >= 11 is 0. The van der Waals surface area contributed by atoms with Gasteiger partial charge in [0.2, 0.25) is 5.95 Å². The number of nitrogens with one attached hydrogen (secondary N) is 2. The largest absolute Gasteiger partial charge is 0.496 e. The summed E-state index contributed by atoms with van der Waals surface area (Å²) in [5, 5.41) is 8.31. The lowest BCUT2D eigenvalue weighted by molar-refractivity contribution is 0.313. The molecule has 0 spiro atoms. The second-order valence-corrected chi connectivity index (χ2v) is 9.93. The van der Waals surface area contributed by atoms with Crippen molar-refractivity contribution in [1.82, 2.24) is 15.3 Å². The number of aromatic nitrogens is 2. The number of hydrogen-bond donors (Lipinski definition) is 2. The number of methoxy groups -OCH3 is 1. The summed E-state index contributed by atoms with van der Waals surface area (Å²) < 4.78 is 11.3. The van der Waals surface area contributed by atoms with Gasteiger partial charge in [0.1, 0.15) is 17.3 Å². The van der Waals surface area contributed by atoms with Crippen LogP contribution in [0.5, 0.6) is 11.5 Å². The number of para-hydroxylation sites is 1. The Morgan fingerprint density at radius 1 is 1.03 bits per heavy atom. The van der Waals surface area contributed by atoms with Gasteiger partial charge in [0.25, 0.3) is 0 Å². The van der Waals surface area contributed by atoms with Crippen LogP contribution < -0.4 is 25.0 Å². The highest BCUT2D eigenvalue weighted by atomic mass is 16.5. The molecule has 0 atom stereocenters. The van der Waals surface area contributed by atoms with E-state index in [1.807, 2.05) is 38.4 Å². The molecule has 7 heteroatoms. The second-order valence-electron chi connectivity index (χ2n) is 9.93. The van der Waals surface area contributed by atoms with Crippen molar-refractivity contribution in [2.75, 3.05) is 44.6 Å². The number of fused-ring (bicyclic) bond motifs is 1. The van der Waals surface area contributed by atoms with E-state index in [0.717, 1.165) is 79.0 Å².